The summed E-state index contributed by atoms with van der Waals surface area (Å²) in [6, 6.07) is 26.1. The molecule has 0 saturated carbocycles. The van der Waals surface area contributed by atoms with E-state index in [9.17, 15) is 4.79 Å². The first kappa shape index (κ1) is 23.0. The molecule has 178 valence electrons. The van der Waals surface area contributed by atoms with Crippen LogP contribution in [0, 0.1) is 0 Å². The fourth-order valence-corrected chi connectivity index (χ4v) is 4.59. The van der Waals surface area contributed by atoms with Crippen molar-refractivity contribution < 1.29 is 4.79 Å². The number of nitrogens with one attached hydrogen (secondary N) is 2. The van der Waals surface area contributed by atoms with Crippen LogP contribution in [0.15, 0.2) is 91.3 Å². The van der Waals surface area contributed by atoms with Gasteiger partial charge in [0.25, 0.3) is 5.91 Å². The van der Waals surface area contributed by atoms with Crippen LogP contribution in [0.5, 0.6) is 0 Å². The van der Waals surface area contributed by atoms with Crippen LogP contribution in [-0.4, -0.2) is 51.9 Å². The van der Waals surface area contributed by atoms with Gasteiger partial charge in [0.15, 0.2) is 0 Å². The average Bonchev–Trinajstić information content (AvgIpc) is 3.31. The van der Waals surface area contributed by atoms with Crippen molar-refractivity contribution in [3.8, 4) is 11.1 Å². The number of hydrogen-bond acceptors (Lipinski definition) is 4. The lowest BCUT2D eigenvalue weighted by atomic mass is 10.0. The van der Waals surface area contributed by atoms with Crippen molar-refractivity contribution in [1.82, 2.24) is 19.8 Å². The van der Waals surface area contributed by atoms with Crippen molar-refractivity contribution in [2.24, 2.45) is 0 Å². The highest BCUT2D eigenvalue weighted by Gasteiger charge is 2.16. The Labute approximate surface area is 206 Å². The van der Waals surface area contributed by atoms with Gasteiger partial charge >= 0.3 is 0 Å². The zero-order valence-electron chi connectivity index (χ0n) is 19.9. The van der Waals surface area contributed by atoms with E-state index in [1.807, 2.05) is 67.0 Å². The molecule has 6 heteroatoms. The van der Waals surface area contributed by atoms with Crippen molar-refractivity contribution in [3.63, 3.8) is 0 Å². The number of imidazole rings is 1. The summed E-state index contributed by atoms with van der Waals surface area (Å²) in [5.74, 6) is 0.932. The number of aromatic nitrogens is 2. The minimum atomic E-state index is -0.0925. The molecule has 0 bridgehead atoms. The maximum absolute atomic E-state index is 12.8. The Morgan fingerprint density at radius 1 is 0.829 bits per heavy atom. The van der Waals surface area contributed by atoms with E-state index in [1.165, 1.54) is 5.56 Å². The number of aromatic amines is 1. The molecular formula is C29H31N5O. The summed E-state index contributed by atoms with van der Waals surface area (Å²) in [4.78, 5) is 25.3. The predicted molar refractivity (Wildman–Crippen MR) is 140 cm³/mol. The second kappa shape index (κ2) is 11.1. The topological polar surface area (TPSA) is 64.3 Å². The maximum atomic E-state index is 12.8. The molecule has 2 heterocycles. The molecule has 0 unspecified atom stereocenters. The van der Waals surface area contributed by atoms with Crippen molar-refractivity contribution in [2.45, 2.75) is 19.5 Å². The standard InChI is InChI=1S/C29H31N5O/c35-29(26-12-10-25(11-13-26)24-7-2-1-3-8-24)32-27-9-4-6-23(20-27)21-33-16-5-17-34(19-18-33)22-28-30-14-15-31-28/h1-4,6-15,20H,5,16-19,21-22H2,(H,30,31)(H,32,35). The number of carbonyl (C=O) groups excluding carboxylic acids is 1. The normalized spacial score (nSPS) is 15.0. The summed E-state index contributed by atoms with van der Waals surface area (Å²) in [5.41, 5.74) is 4.93. The highest BCUT2D eigenvalue weighted by molar-refractivity contribution is 6.04. The van der Waals surface area contributed by atoms with Gasteiger partial charge in [-0.3, -0.25) is 14.6 Å². The van der Waals surface area contributed by atoms with E-state index >= 15 is 0 Å². The Morgan fingerprint density at radius 2 is 1.57 bits per heavy atom. The van der Waals surface area contributed by atoms with E-state index in [-0.39, 0.29) is 5.91 Å². The molecule has 0 spiro atoms. The SMILES string of the molecule is O=C(Nc1cccc(CN2CCCN(Cc3ncc[nH]3)CC2)c1)c1ccc(-c2ccccc2)cc1. The van der Waals surface area contributed by atoms with Crippen LogP contribution < -0.4 is 5.32 Å². The van der Waals surface area contributed by atoms with Crippen LogP contribution in [0.4, 0.5) is 5.69 Å². The van der Waals surface area contributed by atoms with Crippen molar-refractivity contribution in [1.29, 1.82) is 0 Å². The van der Waals surface area contributed by atoms with Crippen LogP contribution in [-0.2, 0) is 13.1 Å². The van der Waals surface area contributed by atoms with Gasteiger partial charge in [-0.25, -0.2) is 4.98 Å². The van der Waals surface area contributed by atoms with E-state index < -0.39 is 0 Å². The molecular weight excluding hydrogens is 434 g/mol. The second-order valence-electron chi connectivity index (χ2n) is 9.04. The minimum absolute atomic E-state index is 0.0925. The predicted octanol–water partition coefficient (Wildman–Crippen LogP) is 5.04. The number of nitrogens with zero attached hydrogens (tertiary/aromatic N) is 3. The van der Waals surface area contributed by atoms with Crippen LogP contribution in [0.3, 0.4) is 0 Å². The highest BCUT2D eigenvalue weighted by atomic mass is 16.1. The van der Waals surface area contributed by atoms with Crippen molar-refractivity contribution in [3.05, 3.63) is 108 Å². The van der Waals surface area contributed by atoms with Gasteiger partial charge in [0, 0.05) is 43.3 Å². The van der Waals surface area contributed by atoms with Gasteiger partial charge in [-0.15, -0.1) is 0 Å². The third-order valence-electron chi connectivity index (χ3n) is 6.45. The molecule has 5 rings (SSSR count). The Hall–Kier alpha value is -3.74. The summed E-state index contributed by atoms with van der Waals surface area (Å²) in [6.07, 6.45) is 4.83. The van der Waals surface area contributed by atoms with Gasteiger partial charge in [0.1, 0.15) is 5.82 Å². The quantitative estimate of drug-likeness (QED) is 0.402. The van der Waals surface area contributed by atoms with Crippen LogP contribution in [0.1, 0.15) is 28.2 Å². The molecule has 6 nitrogen and oxygen atoms in total. The Morgan fingerprint density at radius 3 is 2.31 bits per heavy atom. The van der Waals surface area contributed by atoms with E-state index in [0.717, 1.165) is 68.3 Å². The van der Waals surface area contributed by atoms with Crippen LogP contribution >= 0.6 is 0 Å². The van der Waals surface area contributed by atoms with E-state index in [1.54, 1.807) is 0 Å². The number of H-pyrrole nitrogens is 1. The average molecular weight is 466 g/mol. The molecule has 1 saturated heterocycles. The lowest BCUT2D eigenvalue weighted by molar-refractivity contribution is 0.102. The molecule has 1 aromatic heterocycles. The monoisotopic (exact) mass is 465 g/mol. The molecule has 35 heavy (non-hydrogen) atoms. The molecule has 4 aromatic rings. The Bertz CT molecular complexity index is 1220. The third-order valence-corrected chi connectivity index (χ3v) is 6.45. The third kappa shape index (κ3) is 6.23. The molecule has 2 N–H and O–H groups in total. The summed E-state index contributed by atoms with van der Waals surface area (Å²) < 4.78 is 0. The number of rotatable bonds is 7. The minimum Gasteiger partial charge on any atom is -0.348 e. The molecule has 1 aliphatic rings. The zero-order chi connectivity index (χ0) is 23.9. The van der Waals surface area contributed by atoms with Crippen molar-refractivity contribution >= 4 is 11.6 Å². The number of hydrogen-bond donors (Lipinski definition) is 2. The lowest BCUT2D eigenvalue weighted by Crippen LogP contribution is -2.30. The summed E-state index contributed by atoms with van der Waals surface area (Å²) in [7, 11) is 0. The van der Waals surface area contributed by atoms with Gasteiger partial charge < -0.3 is 10.3 Å². The van der Waals surface area contributed by atoms with E-state index in [2.05, 4.69) is 49.4 Å². The van der Waals surface area contributed by atoms with Crippen LogP contribution in [0.25, 0.3) is 11.1 Å². The molecule has 0 atom stereocenters. The number of carbonyl (C=O) groups is 1. The fraction of sp³-hybridized carbons (Fsp3) is 0.241. The first-order valence-electron chi connectivity index (χ1n) is 12.2. The highest BCUT2D eigenvalue weighted by Crippen LogP contribution is 2.20. The van der Waals surface area contributed by atoms with Gasteiger partial charge in [-0.1, -0.05) is 54.6 Å². The van der Waals surface area contributed by atoms with Crippen molar-refractivity contribution in [2.75, 3.05) is 31.5 Å². The summed E-state index contributed by atoms with van der Waals surface area (Å²) >= 11 is 0. The van der Waals surface area contributed by atoms with Gasteiger partial charge in [-0.2, -0.15) is 0 Å². The first-order valence-corrected chi connectivity index (χ1v) is 12.2. The molecule has 0 aliphatic carbocycles. The van der Waals surface area contributed by atoms with Crippen LogP contribution in [0.2, 0.25) is 0 Å². The molecule has 1 amide bonds. The zero-order valence-corrected chi connectivity index (χ0v) is 19.9. The lowest BCUT2D eigenvalue weighted by Gasteiger charge is -2.21. The first-order chi connectivity index (χ1) is 17.2. The molecule has 1 aliphatic heterocycles. The fourth-order valence-electron chi connectivity index (χ4n) is 4.59. The number of benzene rings is 3. The van der Waals surface area contributed by atoms with E-state index in [0.29, 0.717) is 5.56 Å². The second-order valence-corrected chi connectivity index (χ2v) is 9.04. The van der Waals surface area contributed by atoms with Gasteiger partial charge in [-0.05, 0) is 60.5 Å². The largest absolute Gasteiger partial charge is 0.348 e. The number of amides is 1. The molecule has 1 fully saturated rings. The van der Waals surface area contributed by atoms with E-state index in [4.69, 9.17) is 0 Å². The molecule has 0 radical (unpaired) electrons. The van der Waals surface area contributed by atoms with Gasteiger partial charge in [0.2, 0.25) is 0 Å². The Balaban J connectivity index is 1.16. The number of anilines is 1. The van der Waals surface area contributed by atoms with Gasteiger partial charge in [0.05, 0.1) is 6.54 Å². The molecule has 3 aromatic carbocycles. The summed E-state index contributed by atoms with van der Waals surface area (Å²) in [6.45, 7) is 5.94. The smallest absolute Gasteiger partial charge is 0.255 e. The summed E-state index contributed by atoms with van der Waals surface area (Å²) in [5, 5.41) is 3.06. The maximum Gasteiger partial charge on any atom is 0.255 e. The Kier molecular flexibility index (Phi) is 7.32.